The lowest BCUT2D eigenvalue weighted by Crippen LogP contribution is -2.10. The minimum Gasteiger partial charge on any atom is -0.399 e. The van der Waals surface area contributed by atoms with E-state index in [0.717, 1.165) is 21.4 Å². The summed E-state index contributed by atoms with van der Waals surface area (Å²) in [5.41, 5.74) is 8.15. The molecule has 1 aromatic carbocycles. The molecule has 0 fully saturated rings. The average Bonchev–Trinajstić information content (AvgIpc) is 2.70. The molecule has 2 aromatic rings. The smallest absolute Gasteiger partial charge is 0.266 e. The van der Waals surface area contributed by atoms with E-state index in [2.05, 4.69) is 21.2 Å². The van der Waals surface area contributed by atoms with Gasteiger partial charge in [0, 0.05) is 15.8 Å². The fraction of sp³-hybridized carbons (Fsp3) is 0.0833. The van der Waals surface area contributed by atoms with Crippen LogP contribution in [0.25, 0.3) is 0 Å². The van der Waals surface area contributed by atoms with E-state index in [1.165, 1.54) is 11.3 Å². The second-order valence-electron chi connectivity index (χ2n) is 3.62. The Morgan fingerprint density at radius 3 is 2.76 bits per heavy atom. The fourth-order valence-corrected chi connectivity index (χ4v) is 2.84. The Kier molecular flexibility index (Phi) is 3.49. The molecule has 0 saturated carbocycles. The number of benzene rings is 1. The van der Waals surface area contributed by atoms with Gasteiger partial charge in [0.15, 0.2) is 0 Å². The van der Waals surface area contributed by atoms with E-state index in [0.29, 0.717) is 4.88 Å². The number of amides is 1. The maximum absolute atomic E-state index is 11.9. The third-order valence-corrected chi connectivity index (χ3v) is 4.19. The molecule has 0 unspecified atom stereocenters. The molecule has 1 heterocycles. The van der Waals surface area contributed by atoms with E-state index in [9.17, 15) is 4.79 Å². The summed E-state index contributed by atoms with van der Waals surface area (Å²) in [6.45, 7) is 1.91. The summed E-state index contributed by atoms with van der Waals surface area (Å²) in [4.78, 5) is 12.6. The van der Waals surface area contributed by atoms with Crippen molar-refractivity contribution < 1.29 is 4.79 Å². The lowest BCUT2D eigenvalue weighted by atomic mass is 10.2. The monoisotopic (exact) mass is 310 g/mol. The zero-order valence-corrected chi connectivity index (χ0v) is 11.6. The molecule has 0 spiro atoms. The standard InChI is InChI=1S/C12H11BrN2OS/c1-7-6-8(2-3-10(7)14)15-12(16)11-9(13)4-5-17-11/h2-6H,14H2,1H3,(H,15,16). The molecule has 0 atom stereocenters. The SMILES string of the molecule is Cc1cc(NC(=O)c2sccc2Br)ccc1N. The molecule has 0 aliphatic carbocycles. The fourth-order valence-electron chi connectivity index (χ4n) is 1.40. The van der Waals surface area contributed by atoms with Crippen molar-refractivity contribution in [2.75, 3.05) is 11.1 Å². The molecular weight excluding hydrogens is 300 g/mol. The number of nitrogen functional groups attached to an aromatic ring is 1. The minimum absolute atomic E-state index is 0.115. The van der Waals surface area contributed by atoms with Crippen molar-refractivity contribution in [1.29, 1.82) is 0 Å². The highest BCUT2D eigenvalue weighted by Gasteiger charge is 2.11. The van der Waals surface area contributed by atoms with Gasteiger partial charge in [0.25, 0.3) is 5.91 Å². The van der Waals surface area contributed by atoms with Gasteiger partial charge in [0.1, 0.15) is 4.88 Å². The Labute approximate surface area is 112 Å². The number of anilines is 2. The van der Waals surface area contributed by atoms with Crippen LogP contribution in [0.2, 0.25) is 0 Å². The van der Waals surface area contributed by atoms with Crippen LogP contribution in [0, 0.1) is 6.92 Å². The predicted molar refractivity (Wildman–Crippen MR) is 75.6 cm³/mol. The first-order valence-electron chi connectivity index (χ1n) is 4.98. The van der Waals surface area contributed by atoms with Gasteiger partial charge in [-0.3, -0.25) is 4.79 Å². The Morgan fingerprint density at radius 1 is 1.41 bits per heavy atom. The summed E-state index contributed by atoms with van der Waals surface area (Å²) in [6, 6.07) is 7.29. The van der Waals surface area contributed by atoms with E-state index in [-0.39, 0.29) is 5.91 Å². The van der Waals surface area contributed by atoms with Crippen molar-refractivity contribution in [1.82, 2.24) is 0 Å². The Morgan fingerprint density at radius 2 is 2.18 bits per heavy atom. The summed E-state index contributed by atoms with van der Waals surface area (Å²) < 4.78 is 0.812. The van der Waals surface area contributed by atoms with Crippen LogP contribution < -0.4 is 11.1 Å². The Balaban J connectivity index is 2.19. The van der Waals surface area contributed by atoms with Gasteiger partial charge in [0.05, 0.1) is 0 Å². The Bertz CT molecular complexity index is 565. The average molecular weight is 311 g/mol. The number of nitrogens with one attached hydrogen (secondary N) is 1. The topological polar surface area (TPSA) is 55.1 Å². The molecule has 1 aromatic heterocycles. The van der Waals surface area contributed by atoms with E-state index >= 15 is 0 Å². The number of nitrogens with two attached hydrogens (primary N) is 1. The predicted octanol–water partition coefficient (Wildman–Crippen LogP) is 3.65. The zero-order valence-electron chi connectivity index (χ0n) is 9.16. The summed E-state index contributed by atoms with van der Waals surface area (Å²) in [5.74, 6) is -0.115. The van der Waals surface area contributed by atoms with Gasteiger partial charge in [-0.2, -0.15) is 0 Å². The molecule has 0 radical (unpaired) electrons. The van der Waals surface area contributed by atoms with E-state index in [4.69, 9.17) is 5.73 Å². The molecule has 0 aliphatic heterocycles. The number of carbonyl (C=O) groups is 1. The van der Waals surface area contributed by atoms with Crippen molar-refractivity contribution in [3.8, 4) is 0 Å². The zero-order chi connectivity index (χ0) is 12.4. The number of halogens is 1. The van der Waals surface area contributed by atoms with E-state index in [1.807, 2.05) is 24.4 Å². The van der Waals surface area contributed by atoms with Crippen LogP contribution >= 0.6 is 27.3 Å². The van der Waals surface area contributed by atoms with Gasteiger partial charge in [-0.1, -0.05) is 0 Å². The molecule has 0 aliphatic rings. The second kappa shape index (κ2) is 4.89. The van der Waals surface area contributed by atoms with Crippen LogP contribution in [0.4, 0.5) is 11.4 Å². The third kappa shape index (κ3) is 2.68. The largest absolute Gasteiger partial charge is 0.399 e. The molecule has 0 bridgehead atoms. The molecule has 1 amide bonds. The van der Waals surface area contributed by atoms with Crippen LogP contribution in [0.15, 0.2) is 34.1 Å². The second-order valence-corrected chi connectivity index (χ2v) is 5.39. The molecule has 88 valence electrons. The van der Waals surface area contributed by atoms with E-state index < -0.39 is 0 Å². The summed E-state index contributed by atoms with van der Waals surface area (Å²) in [6.07, 6.45) is 0. The van der Waals surface area contributed by atoms with Gasteiger partial charge >= 0.3 is 0 Å². The van der Waals surface area contributed by atoms with Gasteiger partial charge in [0.2, 0.25) is 0 Å². The first-order valence-corrected chi connectivity index (χ1v) is 6.65. The minimum atomic E-state index is -0.115. The maximum Gasteiger partial charge on any atom is 0.266 e. The molecule has 3 N–H and O–H groups in total. The lowest BCUT2D eigenvalue weighted by Gasteiger charge is -2.06. The highest BCUT2D eigenvalue weighted by Crippen LogP contribution is 2.24. The highest BCUT2D eigenvalue weighted by atomic mass is 79.9. The molecular formula is C12H11BrN2OS. The Hall–Kier alpha value is -1.33. The number of hydrogen-bond acceptors (Lipinski definition) is 3. The van der Waals surface area contributed by atoms with Gasteiger partial charge in [-0.05, 0) is 58.1 Å². The van der Waals surface area contributed by atoms with Crippen LogP contribution in [0.1, 0.15) is 15.2 Å². The molecule has 2 rings (SSSR count). The quantitative estimate of drug-likeness (QED) is 0.832. The van der Waals surface area contributed by atoms with E-state index in [1.54, 1.807) is 12.1 Å². The van der Waals surface area contributed by atoms with Gasteiger partial charge in [-0.25, -0.2) is 0 Å². The number of carbonyl (C=O) groups excluding carboxylic acids is 1. The van der Waals surface area contributed by atoms with Crippen molar-refractivity contribution in [2.45, 2.75) is 6.92 Å². The first kappa shape index (κ1) is 12.1. The molecule has 3 nitrogen and oxygen atoms in total. The maximum atomic E-state index is 11.9. The van der Waals surface area contributed by atoms with Crippen LogP contribution in [0.3, 0.4) is 0 Å². The van der Waals surface area contributed by atoms with Crippen molar-refractivity contribution in [2.24, 2.45) is 0 Å². The van der Waals surface area contributed by atoms with Crippen LogP contribution in [-0.2, 0) is 0 Å². The normalized spacial score (nSPS) is 10.2. The first-order chi connectivity index (χ1) is 8.08. The van der Waals surface area contributed by atoms with Gasteiger partial charge < -0.3 is 11.1 Å². The summed E-state index contributed by atoms with van der Waals surface area (Å²) in [5, 5.41) is 4.71. The summed E-state index contributed by atoms with van der Waals surface area (Å²) >= 11 is 4.74. The molecule has 0 saturated heterocycles. The highest BCUT2D eigenvalue weighted by molar-refractivity contribution is 9.10. The van der Waals surface area contributed by atoms with Gasteiger partial charge in [-0.15, -0.1) is 11.3 Å². The number of thiophene rings is 1. The van der Waals surface area contributed by atoms with Crippen LogP contribution in [-0.4, -0.2) is 5.91 Å². The summed E-state index contributed by atoms with van der Waals surface area (Å²) in [7, 11) is 0. The van der Waals surface area contributed by atoms with Crippen molar-refractivity contribution >= 4 is 44.5 Å². The molecule has 5 heteroatoms. The lowest BCUT2D eigenvalue weighted by molar-refractivity contribution is 0.103. The number of aryl methyl sites for hydroxylation is 1. The number of rotatable bonds is 2. The number of hydrogen-bond donors (Lipinski definition) is 2. The van der Waals surface area contributed by atoms with Crippen molar-refractivity contribution in [3.05, 3.63) is 44.6 Å². The third-order valence-electron chi connectivity index (χ3n) is 2.35. The molecule has 17 heavy (non-hydrogen) atoms. The van der Waals surface area contributed by atoms with Crippen LogP contribution in [0.5, 0.6) is 0 Å². The van der Waals surface area contributed by atoms with Crippen molar-refractivity contribution in [3.63, 3.8) is 0 Å².